The predicted octanol–water partition coefficient (Wildman–Crippen LogP) is 5.67. The second kappa shape index (κ2) is 9.11. The van der Waals surface area contributed by atoms with Gasteiger partial charge in [0.25, 0.3) is 0 Å². The lowest BCUT2D eigenvalue weighted by Crippen LogP contribution is -2.16. The normalized spacial score (nSPS) is 13.4. The first-order valence-corrected chi connectivity index (χ1v) is 10.5. The van der Waals surface area contributed by atoms with E-state index in [9.17, 15) is 19.8 Å². The molecule has 0 spiro atoms. The predicted molar refractivity (Wildman–Crippen MR) is 111 cm³/mol. The van der Waals surface area contributed by atoms with Crippen LogP contribution in [-0.2, 0) is 6.42 Å². The summed E-state index contributed by atoms with van der Waals surface area (Å²) < 4.78 is 0. The highest BCUT2D eigenvalue weighted by Gasteiger charge is 2.31. The molecular formula is C23H24O4S. The van der Waals surface area contributed by atoms with Crippen LogP contribution in [0.4, 0.5) is 0 Å². The third-order valence-electron chi connectivity index (χ3n) is 4.84. The van der Waals surface area contributed by atoms with Crippen LogP contribution in [0, 0.1) is 0 Å². The van der Waals surface area contributed by atoms with Gasteiger partial charge in [0.15, 0.2) is 5.78 Å². The van der Waals surface area contributed by atoms with E-state index in [1.54, 1.807) is 0 Å². The Bertz CT molecular complexity index is 913. The van der Waals surface area contributed by atoms with E-state index < -0.39 is 11.6 Å². The van der Waals surface area contributed by atoms with Crippen molar-refractivity contribution in [2.75, 3.05) is 0 Å². The molecule has 0 aliphatic heterocycles. The van der Waals surface area contributed by atoms with Gasteiger partial charge < -0.3 is 10.2 Å². The Morgan fingerprint density at radius 1 is 0.821 bits per heavy atom. The first-order chi connectivity index (χ1) is 13.5. The lowest BCUT2D eigenvalue weighted by atomic mass is 9.93. The van der Waals surface area contributed by atoms with Crippen molar-refractivity contribution in [1.29, 1.82) is 0 Å². The number of unbranched alkanes of at least 4 members (excludes halogenated alkanes) is 4. The van der Waals surface area contributed by atoms with E-state index in [0.717, 1.165) is 11.3 Å². The van der Waals surface area contributed by atoms with Crippen LogP contribution in [0.15, 0.2) is 52.3 Å². The number of hydrogen-bond acceptors (Lipinski definition) is 5. The van der Waals surface area contributed by atoms with Gasteiger partial charge in [0.1, 0.15) is 11.5 Å². The second-order valence-corrected chi connectivity index (χ2v) is 8.08. The van der Waals surface area contributed by atoms with Gasteiger partial charge in [-0.2, -0.15) is 0 Å². The standard InChI is InChI=1S/C23H24O4S/c1-2-3-4-5-6-7-15-8-10-16(11-9-15)28-20-14-19(26)21-17(24)12-13-18(25)22(21)23(20)27/h8-14,24-25H,2-7H2,1H3. The maximum absolute atomic E-state index is 12.7. The van der Waals surface area contributed by atoms with E-state index in [4.69, 9.17) is 0 Å². The number of ketones is 2. The van der Waals surface area contributed by atoms with Gasteiger partial charge in [-0.05, 0) is 42.7 Å². The van der Waals surface area contributed by atoms with Crippen molar-refractivity contribution in [1.82, 2.24) is 0 Å². The molecule has 0 saturated heterocycles. The topological polar surface area (TPSA) is 74.6 Å². The Balaban J connectivity index is 1.68. The summed E-state index contributed by atoms with van der Waals surface area (Å²) in [7, 11) is 0. The zero-order valence-corrected chi connectivity index (χ0v) is 16.7. The molecule has 3 rings (SSSR count). The van der Waals surface area contributed by atoms with Crippen LogP contribution < -0.4 is 0 Å². The number of phenols is 2. The molecule has 5 heteroatoms. The monoisotopic (exact) mass is 396 g/mol. The molecule has 0 amide bonds. The molecule has 2 aromatic rings. The number of aromatic hydroxyl groups is 2. The highest BCUT2D eigenvalue weighted by atomic mass is 32.2. The third kappa shape index (κ3) is 4.47. The number of rotatable bonds is 8. The van der Waals surface area contributed by atoms with Crippen LogP contribution in [0.2, 0.25) is 0 Å². The maximum atomic E-state index is 12.7. The largest absolute Gasteiger partial charge is 0.507 e. The fourth-order valence-electron chi connectivity index (χ4n) is 3.30. The minimum Gasteiger partial charge on any atom is -0.507 e. The lowest BCUT2D eigenvalue weighted by Gasteiger charge is -2.17. The average Bonchev–Trinajstić information content (AvgIpc) is 2.68. The first-order valence-electron chi connectivity index (χ1n) is 9.63. The van der Waals surface area contributed by atoms with Crippen molar-refractivity contribution < 1.29 is 19.8 Å². The van der Waals surface area contributed by atoms with Crippen molar-refractivity contribution in [3.63, 3.8) is 0 Å². The lowest BCUT2D eigenvalue weighted by molar-refractivity contribution is 0.0986. The molecule has 0 atom stereocenters. The molecule has 1 aliphatic carbocycles. The first kappa shape index (κ1) is 20.2. The van der Waals surface area contributed by atoms with E-state index in [1.165, 1.54) is 67.6 Å². The van der Waals surface area contributed by atoms with E-state index >= 15 is 0 Å². The van der Waals surface area contributed by atoms with Crippen LogP contribution in [0.3, 0.4) is 0 Å². The summed E-state index contributed by atoms with van der Waals surface area (Å²) in [5.74, 6) is -1.52. The zero-order valence-electron chi connectivity index (χ0n) is 15.9. The minimum atomic E-state index is -0.478. The Morgan fingerprint density at radius 3 is 2.14 bits per heavy atom. The molecule has 0 bridgehead atoms. The highest BCUT2D eigenvalue weighted by Crippen LogP contribution is 2.39. The molecule has 0 aromatic heterocycles. The molecule has 0 fully saturated rings. The van der Waals surface area contributed by atoms with E-state index in [1.807, 2.05) is 12.1 Å². The van der Waals surface area contributed by atoms with Gasteiger partial charge in [-0.1, -0.05) is 56.5 Å². The number of fused-ring (bicyclic) bond motifs is 1. The minimum absolute atomic E-state index is 0.126. The summed E-state index contributed by atoms with van der Waals surface area (Å²) in [6.07, 6.45) is 8.48. The van der Waals surface area contributed by atoms with Crippen molar-refractivity contribution in [2.45, 2.75) is 50.3 Å². The van der Waals surface area contributed by atoms with Crippen molar-refractivity contribution in [3.05, 3.63) is 64.1 Å². The Morgan fingerprint density at radius 2 is 1.46 bits per heavy atom. The van der Waals surface area contributed by atoms with E-state index in [-0.39, 0.29) is 27.5 Å². The highest BCUT2D eigenvalue weighted by molar-refractivity contribution is 8.04. The van der Waals surface area contributed by atoms with Gasteiger partial charge in [0.05, 0.1) is 16.0 Å². The van der Waals surface area contributed by atoms with Gasteiger partial charge in [0, 0.05) is 11.0 Å². The summed E-state index contributed by atoms with van der Waals surface area (Å²) in [5.41, 5.74) is 1.00. The molecule has 0 unspecified atom stereocenters. The molecule has 146 valence electrons. The van der Waals surface area contributed by atoms with Crippen LogP contribution in [-0.4, -0.2) is 21.8 Å². The number of thioether (sulfide) groups is 1. The van der Waals surface area contributed by atoms with Crippen LogP contribution >= 0.6 is 11.8 Å². The van der Waals surface area contributed by atoms with Crippen LogP contribution in [0.25, 0.3) is 0 Å². The number of benzene rings is 2. The molecule has 4 nitrogen and oxygen atoms in total. The summed E-state index contributed by atoms with van der Waals surface area (Å²) in [4.78, 5) is 26.2. The Kier molecular flexibility index (Phi) is 6.57. The summed E-state index contributed by atoms with van der Waals surface area (Å²) in [6, 6.07) is 10.4. The Hall–Kier alpha value is -2.53. The van der Waals surface area contributed by atoms with Crippen molar-refractivity contribution in [3.8, 4) is 11.5 Å². The summed E-state index contributed by atoms with van der Waals surface area (Å²) >= 11 is 1.20. The summed E-state index contributed by atoms with van der Waals surface area (Å²) in [5, 5.41) is 19.9. The molecule has 1 aliphatic rings. The molecule has 28 heavy (non-hydrogen) atoms. The molecular weight excluding hydrogens is 372 g/mol. The molecule has 2 N–H and O–H groups in total. The van der Waals surface area contributed by atoms with Gasteiger partial charge >= 0.3 is 0 Å². The molecule has 0 heterocycles. The SMILES string of the molecule is CCCCCCCc1ccc(SC2=CC(=O)c3c(O)ccc(O)c3C2=O)cc1. The second-order valence-electron chi connectivity index (χ2n) is 6.97. The molecule has 0 radical (unpaired) electrons. The fourth-order valence-corrected chi connectivity index (χ4v) is 4.19. The zero-order chi connectivity index (χ0) is 20.1. The van der Waals surface area contributed by atoms with Gasteiger partial charge in [0.2, 0.25) is 5.78 Å². The van der Waals surface area contributed by atoms with Gasteiger partial charge in [-0.15, -0.1) is 0 Å². The average molecular weight is 397 g/mol. The fraction of sp³-hybridized carbons (Fsp3) is 0.304. The van der Waals surface area contributed by atoms with Gasteiger partial charge in [-0.25, -0.2) is 0 Å². The van der Waals surface area contributed by atoms with E-state index in [0.29, 0.717) is 0 Å². The number of carbonyl (C=O) groups excluding carboxylic acids is 2. The van der Waals surface area contributed by atoms with Crippen molar-refractivity contribution >= 4 is 23.3 Å². The Labute approximate surface area is 169 Å². The summed E-state index contributed by atoms with van der Waals surface area (Å²) in [6.45, 7) is 2.21. The maximum Gasteiger partial charge on any atom is 0.204 e. The van der Waals surface area contributed by atoms with E-state index in [2.05, 4.69) is 19.1 Å². The number of hydrogen-bond donors (Lipinski definition) is 2. The van der Waals surface area contributed by atoms with Crippen molar-refractivity contribution in [2.24, 2.45) is 0 Å². The molecule has 2 aromatic carbocycles. The molecule has 0 saturated carbocycles. The smallest absolute Gasteiger partial charge is 0.204 e. The van der Waals surface area contributed by atoms with Crippen LogP contribution in [0.1, 0.15) is 65.3 Å². The van der Waals surface area contributed by atoms with Crippen LogP contribution in [0.5, 0.6) is 11.5 Å². The third-order valence-corrected chi connectivity index (χ3v) is 5.87. The number of carbonyl (C=O) groups is 2. The van der Waals surface area contributed by atoms with Gasteiger partial charge in [-0.3, -0.25) is 9.59 Å². The number of allylic oxidation sites excluding steroid dienone is 2. The number of Topliss-reactive ketones (excluding diaryl/α,β-unsaturated/α-hetero) is 1. The number of aryl methyl sites for hydroxylation is 1. The quantitative estimate of drug-likeness (QED) is 0.444. The number of phenolic OH excluding ortho intramolecular Hbond substituents is 2.